The Kier molecular flexibility index (Phi) is 6.51. The second-order valence-electron chi connectivity index (χ2n) is 7.23. The number of benzene rings is 2. The van der Waals surface area contributed by atoms with Gasteiger partial charge in [0.15, 0.2) is 6.61 Å². The van der Waals surface area contributed by atoms with Crippen LogP contribution in [0.4, 0.5) is 0 Å². The van der Waals surface area contributed by atoms with Crippen LogP contribution >= 0.6 is 0 Å². The molecule has 0 atom stereocenters. The minimum Gasteiger partial charge on any atom is -0.483 e. The number of amides is 2. The van der Waals surface area contributed by atoms with Crippen molar-refractivity contribution in [2.45, 2.75) is 34.1 Å². The van der Waals surface area contributed by atoms with Gasteiger partial charge in [0.05, 0.1) is 17.8 Å². The van der Waals surface area contributed by atoms with E-state index in [1.165, 1.54) is 0 Å². The van der Waals surface area contributed by atoms with E-state index in [1.54, 1.807) is 0 Å². The Morgan fingerprint density at radius 2 is 1.67 bits per heavy atom. The van der Waals surface area contributed by atoms with Crippen molar-refractivity contribution in [2.24, 2.45) is 0 Å². The Bertz CT molecular complexity index is 1060. The van der Waals surface area contributed by atoms with E-state index in [0.717, 1.165) is 33.8 Å². The van der Waals surface area contributed by atoms with E-state index in [1.807, 2.05) is 80.9 Å². The number of carbonyl (C=O) groups is 2. The fraction of sp³-hybridized carbons (Fsp3) is 0.261. The summed E-state index contributed by atoms with van der Waals surface area (Å²) in [6, 6.07) is 15.5. The van der Waals surface area contributed by atoms with E-state index in [9.17, 15) is 9.59 Å². The Morgan fingerprint density at radius 3 is 2.40 bits per heavy atom. The summed E-state index contributed by atoms with van der Waals surface area (Å²) in [6.45, 7) is 7.47. The average Bonchev–Trinajstić information content (AvgIpc) is 3.01. The van der Waals surface area contributed by atoms with Gasteiger partial charge in [-0.1, -0.05) is 30.3 Å². The number of carbonyl (C=O) groups excluding carboxylic acids is 2. The van der Waals surface area contributed by atoms with Gasteiger partial charge in [-0.25, -0.2) is 4.68 Å². The summed E-state index contributed by atoms with van der Waals surface area (Å²) in [6.07, 6.45) is 0.114. The van der Waals surface area contributed by atoms with Gasteiger partial charge in [-0.05, 0) is 57.0 Å². The molecule has 7 heteroatoms. The van der Waals surface area contributed by atoms with Crippen molar-refractivity contribution in [1.29, 1.82) is 0 Å². The number of hydrazine groups is 1. The molecule has 30 heavy (non-hydrogen) atoms. The monoisotopic (exact) mass is 406 g/mol. The zero-order chi connectivity index (χ0) is 21.7. The third-order valence-electron chi connectivity index (χ3n) is 4.82. The van der Waals surface area contributed by atoms with Crippen LogP contribution in [-0.2, 0) is 16.0 Å². The van der Waals surface area contributed by atoms with Gasteiger partial charge in [-0.15, -0.1) is 0 Å². The Balaban J connectivity index is 1.54. The number of nitrogens with zero attached hydrogens (tertiary/aromatic N) is 2. The van der Waals surface area contributed by atoms with E-state index >= 15 is 0 Å². The molecule has 2 aromatic carbocycles. The van der Waals surface area contributed by atoms with Crippen LogP contribution in [0.3, 0.4) is 0 Å². The first-order chi connectivity index (χ1) is 14.3. The van der Waals surface area contributed by atoms with Crippen LogP contribution in [0.2, 0.25) is 0 Å². The van der Waals surface area contributed by atoms with Gasteiger partial charge in [-0.2, -0.15) is 5.10 Å². The summed E-state index contributed by atoms with van der Waals surface area (Å²) in [4.78, 5) is 24.4. The topological polar surface area (TPSA) is 85.2 Å². The fourth-order valence-corrected chi connectivity index (χ4v) is 3.14. The lowest BCUT2D eigenvalue weighted by atomic mass is 10.1. The van der Waals surface area contributed by atoms with E-state index < -0.39 is 5.91 Å². The van der Waals surface area contributed by atoms with Crippen LogP contribution in [0, 0.1) is 27.7 Å². The minimum atomic E-state index is -0.433. The van der Waals surface area contributed by atoms with E-state index in [-0.39, 0.29) is 18.9 Å². The van der Waals surface area contributed by atoms with Crippen LogP contribution in [0.5, 0.6) is 5.75 Å². The molecule has 3 rings (SSSR count). The van der Waals surface area contributed by atoms with Crippen molar-refractivity contribution in [2.75, 3.05) is 6.61 Å². The SMILES string of the molecule is Cc1ccc(C)c(OCC(=O)NNC(=O)Cc2c(C)nn(-c3ccccc3)c2C)c1. The van der Waals surface area contributed by atoms with Crippen molar-refractivity contribution in [3.8, 4) is 11.4 Å². The second-order valence-corrected chi connectivity index (χ2v) is 7.23. The van der Waals surface area contributed by atoms with Gasteiger partial charge in [0.25, 0.3) is 5.91 Å². The number of para-hydroxylation sites is 1. The van der Waals surface area contributed by atoms with Crippen molar-refractivity contribution < 1.29 is 14.3 Å². The standard InChI is InChI=1S/C23H26N4O3/c1-15-10-11-16(2)21(12-15)30-14-23(29)25-24-22(28)13-20-17(3)26-27(18(20)4)19-8-6-5-7-9-19/h5-12H,13-14H2,1-4H3,(H,24,28)(H,25,29). The van der Waals surface area contributed by atoms with Gasteiger partial charge in [0.2, 0.25) is 5.91 Å². The maximum atomic E-state index is 12.3. The third kappa shape index (κ3) is 5.05. The minimum absolute atomic E-state index is 0.114. The maximum absolute atomic E-state index is 12.3. The fourth-order valence-electron chi connectivity index (χ4n) is 3.14. The Hall–Kier alpha value is -3.61. The summed E-state index contributed by atoms with van der Waals surface area (Å²) in [5.74, 6) is -0.109. The molecule has 7 nitrogen and oxygen atoms in total. The molecule has 2 N–H and O–H groups in total. The lowest BCUT2D eigenvalue weighted by molar-refractivity contribution is -0.129. The van der Waals surface area contributed by atoms with E-state index in [2.05, 4.69) is 16.0 Å². The van der Waals surface area contributed by atoms with Gasteiger partial charge in [0.1, 0.15) is 5.75 Å². The first-order valence-corrected chi connectivity index (χ1v) is 9.73. The first-order valence-electron chi connectivity index (χ1n) is 9.73. The number of aryl methyl sites for hydroxylation is 3. The third-order valence-corrected chi connectivity index (χ3v) is 4.82. The molecule has 3 aromatic rings. The number of hydrogen-bond donors (Lipinski definition) is 2. The summed E-state index contributed by atoms with van der Waals surface area (Å²) in [5.41, 5.74) is 10.2. The van der Waals surface area contributed by atoms with Crippen molar-refractivity contribution in [3.05, 3.63) is 76.6 Å². The molecule has 0 unspecified atom stereocenters. The highest BCUT2D eigenvalue weighted by molar-refractivity contribution is 5.84. The Morgan fingerprint density at radius 1 is 0.967 bits per heavy atom. The van der Waals surface area contributed by atoms with Crippen molar-refractivity contribution in [1.82, 2.24) is 20.6 Å². The number of hydrogen-bond acceptors (Lipinski definition) is 4. The Labute approximate surface area is 176 Å². The zero-order valence-corrected chi connectivity index (χ0v) is 17.7. The first kappa shape index (κ1) is 21.1. The zero-order valence-electron chi connectivity index (χ0n) is 17.7. The van der Waals surface area contributed by atoms with E-state index in [0.29, 0.717) is 5.75 Å². The largest absolute Gasteiger partial charge is 0.483 e. The molecule has 0 fully saturated rings. The second kappa shape index (κ2) is 9.26. The van der Waals surface area contributed by atoms with Crippen LogP contribution in [-0.4, -0.2) is 28.2 Å². The van der Waals surface area contributed by atoms with Crippen LogP contribution < -0.4 is 15.6 Å². The van der Waals surface area contributed by atoms with Gasteiger partial charge in [0, 0.05) is 11.3 Å². The van der Waals surface area contributed by atoms with Crippen LogP contribution in [0.15, 0.2) is 48.5 Å². The molecule has 0 bridgehead atoms. The molecular formula is C23H26N4O3. The number of nitrogens with one attached hydrogen (secondary N) is 2. The predicted molar refractivity (Wildman–Crippen MR) is 114 cm³/mol. The quantitative estimate of drug-likeness (QED) is 0.617. The molecule has 0 radical (unpaired) electrons. The van der Waals surface area contributed by atoms with Crippen LogP contribution in [0.25, 0.3) is 5.69 Å². The van der Waals surface area contributed by atoms with Crippen LogP contribution in [0.1, 0.15) is 28.1 Å². The smallest absolute Gasteiger partial charge is 0.276 e. The molecule has 0 saturated carbocycles. The molecular weight excluding hydrogens is 380 g/mol. The molecule has 0 aliphatic carbocycles. The molecule has 0 aliphatic rings. The van der Waals surface area contributed by atoms with Gasteiger partial charge < -0.3 is 4.74 Å². The molecule has 0 aliphatic heterocycles. The lowest BCUT2D eigenvalue weighted by Gasteiger charge is -2.11. The highest BCUT2D eigenvalue weighted by Crippen LogP contribution is 2.19. The summed E-state index contributed by atoms with van der Waals surface area (Å²) in [7, 11) is 0. The highest BCUT2D eigenvalue weighted by Gasteiger charge is 2.16. The summed E-state index contributed by atoms with van der Waals surface area (Å²) < 4.78 is 7.36. The molecule has 1 heterocycles. The molecule has 2 amide bonds. The number of aromatic nitrogens is 2. The lowest BCUT2D eigenvalue weighted by Crippen LogP contribution is -2.44. The molecule has 0 saturated heterocycles. The van der Waals surface area contributed by atoms with E-state index in [4.69, 9.17) is 4.74 Å². The summed E-state index contributed by atoms with van der Waals surface area (Å²) in [5, 5.41) is 4.54. The van der Waals surface area contributed by atoms with Gasteiger partial charge >= 0.3 is 0 Å². The van der Waals surface area contributed by atoms with Crippen molar-refractivity contribution >= 4 is 11.8 Å². The van der Waals surface area contributed by atoms with Crippen molar-refractivity contribution in [3.63, 3.8) is 0 Å². The maximum Gasteiger partial charge on any atom is 0.276 e. The van der Waals surface area contributed by atoms with Gasteiger partial charge in [-0.3, -0.25) is 20.4 Å². The molecule has 0 spiro atoms. The predicted octanol–water partition coefficient (Wildman–Crippen LogP) is 2.87. The average molecular weight is 406 g/mol. The number of rotatable bonds is 6. The summed E-state index contributed by atoms with van der Waals surface area (Å²) >= 11 is 0. The normalized spacial score (nSPS) is 10.5. The highest BCUT2D eigenvalue weighted by atomic mass is 16.5. The molecule has 1 aromatic heterocycles. The number of ether oxygens (including phenoxy) is 1. The molecule has 156 valence electrons.